The molecule has 0 spiro atoms. The average Bonchev–Trinajstić information content (AvgIpc) is 2.49. The van der Waals surface area contributed by atoms with Gasteiger partial charge in [0, 0.05) is 11.6 Å². The van der Waals surface area contributed by atoms with E-state index in [9.17, 15) is 13.6 Å². The van der Waals surface area contributed by atoms with Crippen molar-refractivity contribution in [1.29, 1.82) is 0 Å². The van der Waals surface area contributed by atoms with Gasteiger partial charge in [0.2, 0.25) is 0 Å². The molecule has 1 unspecified atom stereocenters. The molecule has 0 saturated heterocycles. The lowest BCUT2D eigenvalue weighted by molar-refractivity contribution is -0.149. The van der Waals surface area contributed by atoms with Crippen molar-refractivity contribution in [2.24, 2.45) is 0 Å². The zero-order chi connectivity index (χ0) is 16.8. The molecule has 0 radical (unpaired) electrons. The van der Waals surface area contributed by atoms with Crippen molar-refractivity contribution >= 4 is 5.97 Å². The normalized spacial score (nSPS) is 11.8. The van der Waals surface area contributed by atoms with Gasteiger partial charge in [0.1, 0.15) is 23.5 Å². The Kier molecular flexibility index (Phi) is 5.68. The maximum absolute atomic E-state index is 13.6. The summed E-state index contributed by atoms with van der Waals surface area (Å²) in [7, 11) is 0. The van der Waals surface area contributed by atoms with Crippen LogP contribution in [0, 0.1) is 18.6 Å². The van der Waals surface area contributed by atoms with Crippen LogP contribution >= 0.6 is 0 Å². The first-order valence-corrected chi connectivity index (χ1v) is 7.29. The second kappa shape index (κ2) is 7.72. The van der Waals surface area contributed by atoms with Gasteiger partial charge >= 0.3 is 5.97 Å². The molecule has 0 bridgehead atoms. The number of hydrogen-bond acceptors (Lipinski definition) is 3. The number of esters is 1. The number of benzene rings is 2. The fourth-order valence-electron chi connectivity index (χ4n) is 2.04. The summed E-state index contributed by atoms with van der Waals surface area (Å²) in [5.74, 6) is -1.24. The summed E-state index contributed by atoms with van der Waals surface area (Å²) < 4.78 is 37.0. The SMILES string of the molecule is Cc1ccc(OCCC(=O)OC(C)c2ccc(F)cc2F)cc1. The van der Waals surface area contributed by atoms with E-state index >= 15 is 0 Å². The summed E-state index contributed by atoms with van der Waals surface area (Å²) in [6, 6.07) is 10.6. The third-order valence-electron chi connectivity index (χ3n) is 3.30. The second-order valence-electron chi connectivity index (χ2n) is 5.21. The van der Waals surface area contributed by atoms with Gasteiger partial charge in [0.05, 0.1) is 13.0 Å². The number of carbonyl (C=O) groups is 1. The molecule has 2 aromatic rings. The van der Waals surface area contributed by atoms with Crippen LogP contribution in [0.3, 0.4) is 0 Å². The minimum Gasteiger partial charge on any atom is -0.493 e. The molecule has 0 saturated carbocycles. The topological polar surface area (TPSA) is 35.5 Å². The van der Waals surface area contributed by atoms with Gasteiger partial charge in [-0.3, -0.25) is 4.79 Å². The van der Waals surface area contributed by atoms with Gasteiger partial charge in [-0.2, -0.15) is 0 Å². The van der Waals surface area contributed by atoms with Gasteiger partial charge < -0.3 is 9.47 Å². The quantitative estimate of drug-likeness (QED) is 0.743. The first-order chi connectivity index (χ1) is 11.0. The van der Waals surface area contributed by atoms with Crippen LogP contribution in [0.2, 0.25) is 0 Å². The molecule has 122 valence electrons. The Balaban J connectivity index is 1.81. The molecule has 0 aliphatic carbocycles. The molecular formula is C18H18F2O3. The van der Waals surface area contributed by atoms with E-state index in [0.717, 1.165) is 17.7 Å². The Labute approximate surface area is 133 Å². The molecule has 0 heterocycles. The van der Waals surface area contributed by atoms with Crippen LogP contribution in [0.25, 0.3) is 0 Å². The minimum atomic E-state index is -0.789. The number of ether oxygens (including phenoxy) is 2. The van der Waals surface area contributed by atoms with E-state index < -0.39 is 23.7 Å². The van der Waals surface area contributed by atoms with Crippen LogP contribution in [0.15, 0.2) is 42.5 Å². The molecule has 2 aromatic carbocycles. The number of aryl methyl sites for hydroxylation is 1. The van der Waals surface area contributed by atoms with Crippen molar-refractivity contribution < 1.29 is 23.0 Å². The van der Waals surface area contributed by atoms with E-state index in [1.54, 1.807) is 0 Å². The maximum Gasteiger partial charge on any atom is 0.309 e. The van der Waals surface area contributed by atoms with Crippen LogP contribution in [0.1, 0.15) is 30.6 Å². The molecular weight excluding hydrogens is 302 g/mol. The van der Waals surface area contributed by atoms with Gasteiger partial charge in [-0.1, -0.05) is 17.7 Å². The highest BCUT2D eigenvalue weighted by Gasteiger charge is 2.16. The largest absolute Gasteiger partial charge is 0.493 e. The Hall–Kier alpha value is -2.43. The molecule has 0 N–H and O–H groups in total. The van der Waals surface area contributed by atoms with Crippen molar-refractivity contribution in [1.82, 2.24) is 0 Å². The highest BCUT2D eigenvalue weighted by Crippen LogP contribution is 2.21. The minimum absolute atomic E-state index is 0.0427. The first kappa shape index (κ1) is 16.9. The Morgan fingerprint density at radius 1 is 1.13 bits per heavy atom. The number of halogens is 2. The van der Waals surface area contributed by atoms with Crippen LogP contribution in [-0.4, -0.2) is 12.6 Å². The fourth-order valence-corrected chi connectivity index (χ4v) is 2.04. The van der Waals surface area contributed by atoms with E-state index in [-0.39, 0.29) is 18.6 Å². The van der Waals surface area contributed by atoms with E-state index in [2.05, 4.69) is 0 Å². The van der Waals surface area contributed by atoms with Gasteiger partial charge in [-0.25, -0.2) is 8.78 Å². The highest BCUT2D eigenvalue weighted by atomic mass is 19.1. The molecule has 2 rings (SSSR count). The van der Waals surface area contributed by atoms with Crippen LogP contribution in [0.5, 0.6) is 5.75 Å². The molecule has 0 aliphatic rings. The predicted molar refractivity (Wildman–Crippen MR) is 82.2 cm³/mol. The fraction of sp³-hybridized carbons (Fsp3) is 0.278. The lowest BCUT2D eigenvalue weighted by atomic mass is 10.1. The third-order valence-corrected chi connectivity index (χ3v) is 3.30. The summed E-state index contributed by atoms with van der Waals surface area (Å²) in [5.41, 5.74) is 1.26. The molecule has 3 nitrogen and oxygen atoms in total. The standard InChI is InChI=1S/C18H18F2O3/c1-12-3-6-15(7-4-12)22-10-9-18(21)23-13(2)16-8-5-14(19)11-17(16)20/h3-8,11,13H,9-10H2,1-2H3. The van der Waals surface area contributed by atoms with E-state index in [4.69, 9.17) is 9.47 Å². The van der Waals surface area contributed by atoms with Crippen molar-refractivity contribution in [3.05, 3.63) is 65.2 Å². The van der Waals surface area contributed by atoms with Crippen LogP contribution in [-0.2, 0) is 9.53 Å². The van der Waals surface area contributed by atoms with E-state index in [0.29, 0.717) is 5.75 Å². The summed E-state index contributed by atoms with van der Waals surface area (Å²) in [6.07, 6.45) is -0.747. The predicted octanol–water partition coefficient (Wildman–Crippen LogP) is 4.35. The third kappa shape index (κ3) is 5.06. The lowest BCUT2D eigenvalue weighted by Gasteiger charge is -2.14. The number of hydrogen-bond donors (Lipinski definition) is 0. The molecule has 1 atom stereocenters. The van der Waals surface area contributed by atoms with Crippen molar-refractivity contribution in [2.75, 3.05) is 6.61 Å². The Morgan fingerprint density at radius 2 is 1.83 bits per heavy atom. The number of carbonyl (C=O) groups excluding carboxylic acids is 1. The summed E-state index contributed by atoms with van der Waals surface area (Å²) in [4.78, 5) is 11.8. The Morgan fingerprint density at radius 3 is 2.48 bits per heavy atom. The first-order valence-electron chi connectivity index (χ1n) is 7.29. The maximum atomic E-state index is 13.6. The molecule has 23 heavy (non-hydrogen) atoms. The Bertz CT molecular complexity index is 668. The van der Waals surface area contributed by atoms with Gasteiger partial charge in [-0.15, -0.1) is 0 Å². The number of rotatable bonds is 6. The summed E-state index contributed by atoms with van der Waals surface area (Å²) in [5, 5.41) is 0. The van der Waals surface area contributed by atoms with Crippen LogP contribution < -0.4 is 4.74 Å². The van der Waals surface area contributed by atoms with Gasteiger partial charge in [0.25, 0.3) is 0 Å². The molecule has 0 aliphatic heterocycles. The second-order valence-corrected chi connectivity index (χ2v) is 5.21. The molecule has 0 amide bonds. The van der Waals surface area contributed by atoms with Gasteiger partial charge in [-0.05, 0) is 38.1 Å². The van der Waals surface area contributed by atoms with Crippen molar-refractivity contribution in [2.45, 2.75) is 26.4 Å². The lowest BCUT2D eigenvalue weighted by Crippen LogP contribution is -2.13. The zero-order valence-electron chi connectivity index (χ0n) is 13.0. The molecule has 0 aromatic heterocycles. The van der Waals surface area contributed by atoms with Gasteiger partial charge in [0.15, 0.2) is 0 Å². The summed E-state index contributed by atoms with van der Waals surface area (Å²) in [6.45, 7) is 3.67. The zero-order valence-corrected chi connectivity index (χ0v) is 13.0. The molecule has 0 fully saturated rings. The highest BCUT2D eigenvalue weighted by molar-refractivity contribution is 5.69. The van der Waals surface area contributed by atoms with E-state index in [1.807, 2.05) is 31.2 Å². The summed E-state index contributed by atoms with van der Waals surface area (Å²) >= 11 is 0. The van der Waals surface area contributed by atoms with Crippen molar-refractivity contribution in [3.8, 4) is 5.75 Å². The van der Waals surface area contributed by atoms with Crippen molar-refractivity contribution in [3.63, 3.8) is 0 Å². The monoisotopic (exact) mass is 320 g/mol. The van der Waals surface area contributed by atoms with Crippen LogP contribution in [0.4, 0.5) is 8.78 Å². The molecule has 5 heteroatoms. The smallest absolute Gasteiger partial charge is 0.309 e. The van der Waals surface area contributed by atoms with E-state index in [1.165, 1.54) is 13.0 Å². The average molecular weight is 320 g/mol.